The molecule has 0 saturated heterocycles. The second kappa shape index (κ2) is 7.28. The van der Waals surface area contributed by atoms with E-state index >= 15 is 0 Å². The first-order valence-electron chi connectivity index (χ1n) is 5.94. The third-order valence-electron chi connectivity index (χ3n) is 2.84. The first-order valence-corrected chi connectivity index (χ1v) is 7.52. The van der Waals surface area contributed by atoms with E-state index in [1.807, 2.05) is 10.7 Å². The number of ether oxygens (including phenoxy) is 1. The van der Waals surface area contributed by atoms with E-state index in [0.29, 0.717) is 13.2 Å². The van der Waals surface area contributed by atoms with Gasteiger partial charge in [-0.05, 0) is 43.5 Å². The number of aromatic nitrogens is 3. The lowest BCUT2D eigenvalue weighted by Crippen LogP contribution is -2.31. The normalized spacial score (nSPS) is 12.6. The van der Waals surface area contributed by atoms with Gasteiger partial charge in [0.2, 0.25) is 0 Å². The molecule has 6 nitrogen and oxygen atoms in total. The molecule has 0 bridgehead atoms. The van der Waals surface area contributed by atoms with Crippen molar-refractivity contribution in [3.05, 3.63) is 44.9 Å². The SMILES string of the molecule is COCCn1ncc(Br)c1C(NN)c1cncc(Br)c1. The van der Waals surface area contributed by atoms with Gasteiger partial charge in [-0.15, -0.1) is 0 Å². The Morgan fingerprint density at radius 1 is 1.40 bits per heavy atom. The van der Waals surface area contributed by atoms with Crippen LogP contribution in [0.3, 0.4) is 0 Å². The number of nitrogens with two attached hydrogens (primary N) is 1. The largest absolute Gasteiger partial charge is 0.383 e. The summed E-state index contributed by atoms with van der Waals surface area (Å²) >= 11 is 6.93. The molecule has 2 aromatic rings. The number of hydrogen-bond acceptors (Lipinski definition) is 5. The Morgan fingerprint density at radius 3 is 2.85 bits per heavy atom. The van der Waals surface area contributed by atoms with Gasteiger partial charge in [-0.3, -0.25) is 15.5 Å². The van der Waals surface area contributed by atoms with Gasteiger partial charge in [0, 0.05) is 24.0 Å². The molecule has 0 amide bonds. The molecule has 0 aromatic carbocycles. The molecule has 2 rings (SSSR count). The Bertz CT molecular complexity index is 575. The molecule has 8 heteroatoms. The maximum Gasteiger partial charge on any atom is 0.0905 e. The fourth-order valence-electron chi connectivity index (χ4n) is 1.93. The van der Waals surface area contributed by atoms with Crippen molar-refractivity contribution in [2.75, 3.05) is 13.7 Å². The fourth-order valence-corrected chi connectivity index (χ4v) is 2.84. The Hall–Kier alpha value is -0.800. The van der Waals surface area contributed by atoms with Crippen molar-refractivity contribution in [3.8, 4) is 0 Å². The second-order valence-corrected chi connectivity index (χ2v) is 5.90. The molecule has 0 aliphatic carbocycles. The molecular formula is C12H15Br2N5O. The van der Waals surface area contributed by atoms with Crippen LogP contribution < -0.4 is 11.3 Å². The van der Waals surface area contributed by atoms with Crippen molar-refractivity contribution >= 4 is 31.9 Å². The van der Waals surface area contributed by atoms with E-state index in [0.717, 1.165) is 20.2 Å². The zero-order valence-electron chi connectivity index (χ0n) is 10.9. The van der Waals surface area contributed by atoms with Gasteiger partial charge in [0.25, 0.3) is 0 Å². The number of hydrazine groups is 1. The highest BCUT2D eigenvalue weighted by Crippen LogP contribution is 2.28. The zero-order chi connectivity index (χ0) is 14.5. The van der Waals surface area contributed by atoms with Gasteiger partial charge in [-0.1, -0.05) is 0 Å². The van der Waals surface area contributed by atoms with E-state index in [9.17, 15) is 0 Å². The van der Waals surface area contributed by atoms with E-state index in [-0.39, 0.29) is 6.04 Å². The van der Waals surface area contributed by atoms with E-state index in [4.69, 9.17) is 10.6 Å². The highest BCUT2D eigenvalue weighted by Gasteiger charge is 2.21. The highest BCUT2D eigenvalue weighted by atomic mass is 79.9. The average Bonchev–Trinajstić information content (AvgIpc) is 2.79. The van der Waals surface area contributed by atoms with E-state index < -0.39 is 0 Å². The molecule has 0 spiro atoms. The summed E-state index contributed by atoms with van der Waals surface area (Å²) in [7, 11) is 1.66. The second-order valence-electron chi connectivity index (χ2n) is 4.13. The summed E-state index contributed by atoms with van der Waals surface area (Å²) < 4.78 is 8.74. The van der Waals surface area contributed by atoms with Gasteiger partial charge in [0.15, 0.2) is 0 Å². The number of methoxy groups -OCH3 is 1. The minimum Gasteiger partial charge on any atom is -0.383 e. The molecule has 2 heterocycles. The highest BCUT2D eigenvalue weighted by molar-refractivity contribution is 9.10. The Kier molecular flexibility index (Phi) is 5.67. The minimum atomic E-state index is -0.214. The monoisotopic (exact) mass is 403 g/mol. The molecule has 20 heavy (non-hydrogen) atoms. The predicted molar refractivity (Wildman–Crippen MR) is 82.9 cm³/mol. The van der Waals surface area contributed by atoms with Crippen molar-refractivity contribution in [3.63, 3.8) is 0 Å². The van der Waals surface area contributed by atoms with Crippen LogP contribution >= 0.6 is 31.9 Å². The molecule has 2 aromatic heterocycles. The van der Waals surface area contributed by atoms with Gasteiger partial charge >= 0.3 is 0 Å². The number of nitrogens with one attached hydrogen (secondary N) is 1. The standard InChI is InChI=1S/C12H15Br2N5O/c1-20-3-2-19-12(10(14)7-17-19)11(18-15)8-4-9(13)6-16-5-8/h4-7,11,18H,2-3,15H2,1H3. The first-order chi connectivity index (χ1) is 9.67. The van der Waals surface area contributed by atoms with Crippen LogP contribution in [0.1, 0.15) is 17.3 Å². The van der Waals surface area contributed by atoms with E-state index in [1.165, 1.54) is 0 Å². The molecule has 108 valence electrons. The van der Waals surface area contributed by atoms with Crippen LogP contribution in [-0.4, -0.2) is 28.5 Å². The fraction of sp³-hybridized carbons (Fsp3) is 0.333. The number of rotatable bonds is 6. The maximum absolute atomic E-state index is 5.73. The number of hydrogen-bond donors (Lipinski definition) is 2. The van der Waals surface area contributed by atoms with Gasteiger partial charge in [0.1, 0.15) is 0 Å². The lowest BCUT2D eigenvalue weighted by Gasteiger charge is -2.19. The smallest absolute Gasteiger partial charge is 0.0905 e. The van der Waals surface area contributed by atoms with Crippen LogP contribution in [0.4, 0.5) is 0 Å². The third kappa shape index (κ3) is 3.44. The van der Waals surface area contributed by atoms with E-state index in [2.05, 4.69) is 47.4 Å². The molecule has 0 saturated carbocycles. The molecule has 0 radical (unpaired) electrons. The maximum atomic E-state index is 5.73. The Labute approximate surface area is 133 Å². The summed E-state index contributed by atoms with van der Waals surface area (Å²) in [6, 6.07) is 1.76. The predicted octanol–water partition coefficient (Wildman–Crippen LogP) is 2.00. The van der Waals surface area contributed by atoms with Crippen molar-refractivity contribution in [2.45, 2.75) is 12.6 Å². The summed E-state index contributed by atoms with van der Waals surface area (Å²) in [6.07, 6.45) is 5.25. The molecular weight excluding hydrogens is 390 g/mol. The quantitative estimate of drug-likeness (QED) is 0.568. The van der Waals surface area contributed by atoms with E-state index in [1.54, 1.807) is 25.7 Å². The van der Waals surface area contributed by atoms with Crippen LogP contribution in [0.5, 0.6) is 0 Å². The van der Waals surface area contributed by atoms with Crippen LogP contribution in [-0.2, 0) is 11.3 Å². The van der Waals surface area contributed by atoms with Crippen molar-refractivity contribution in [1.29, 1.82) is 0 Å². The lowest BCUT2D eigenvalue weighted by atomic mass is 10.1. The topological polar surface area (TPSA) is 78.0 Å². The molecule has 1 atom stereocenters. The summed E-state index contributed by atoms with van der Waals surface area (Å²) in [5, 5.41) is 4.33. The molecule has 0 fully saturated rings. The van der Waals surface area contributed by atoms with Crippen LogP contribution in [0.25, 0.3) is 0 Å². The summed E-state index contributed by atoms with van der Waals surface area (Å²) in [4.78, 5) is 4.17. The van der Waals surface area contributed by atoms with Crippen molar-refractivity contribution in [2.24, 2.45) is 5.84 Å². The zero-order valence-corrected chi connectivity index (χ0v) is 14.1. The van der Waals surface area contributed by atoms with Gasteiger partial charge in [0.05, 0.1) is 35.6 Å². The van der Waals surface area contributed by atoms with Crippen molar-refractivity contribution < 1.29 is 4.74 Å². The average molecular weight is 405 g/mol. The molecule has 0 aliphatic rings. The molecule has 1 unspecified atom stereocenters. The summed E-state index contributed by atoms with van der Waals surface area (Å²) in [5.74, 6) is 5.73. The summed E-state index contributed by atoms with van der Waals surface area (Å²) in [6.45, 7) is 1.23. The van der Waals surface area contributed by atoms with Crippen LogP contribution in [0, 0.1) is 0 Å². The third-order valence-corrected chi connectivity index (χ3v) is 3.88. The summed E-state index contributed by atoms with van der Waals surface area (Å²) in [5.41, 5.74) is 4.69. The number of nitrogens with zero attached hydrogens (tertiary/aromatic N) is 3. The van der Waals surface area contributed by atoms with Gasteiger partial charge in [-0.25, -0.2) is 5.43 Å². The Balaban J connectivity index is 2.38. The molecule has 3 N–H and O–H groups in total. The Morgan fingerprint density at radius 2 is 2.20 bits per heavy atom. The van der Waals surface area contributed by atoms with Gasteiger partial charge < -0.3 is 4.74 Å². The van der Waals surface area contributed by atoms with Crippen molar-refractivity contribution in [1.82, 2.24) is 20.2 Å². The number of pyridine rings is 1. The van der Waals surface area contributed by atoms with Crippen LogP contribution in [0.15, 0.2) is 33.6 Å². The van der Waals surface area contributed by atoms with Crippen LogP contribution in [0.2, 0.25) is 0 Å². The van der Waals surface area contributed by atoms with Gasteiger partial charge in [-0.2, -0.15) is 5.10 Å². The first kappa shape index (κ1) is 15.6. The minimum absolute atomic E-state index is 0.214. The number of halogens is 2. The lowest BCUT2D eigenvalue weighted by molar-refractivity contribution is 0.182. The molecule has 0 aliphatic heterocycles.